The molecule has 1 heterocycles. The molecule has 0 atom stereocenters. The summed E-state index contributed by atoms with van der Waals surface area (Å²) in [6.07, 6.45) is 0. The minimum Gasteiger partial charge on any atom is -0.311 e. The number of nitrogens with zero attached hydrogens (tertiary/aromatic N) is 2. The normalized spacial score (nSPS) is 12.5. The molecule has 1 aromatic heterocycles. The lowest BCUT2D eigenvalue weighted by Gasteiger charge is -2.34. The Hall–Kier alpha value is -9.50. The van der Waals surface area contributed by atoms with Crippen molar-refractivity contribution in [3.63, 3.8) is 0 Å². The standard InChI is InChI=1S/C71H48N2/c1-3-19-49(20-4-1)59-30-17-21-52-22-18-31-60(70(52)59)51-39-45-56(46-40-51)72(55-43-37-50(38-44-55)58-25-9-14-34-67(58)73-68-35-15-10-28-63(68)64-29-11-16-36-69(64)73)57-47-41-54(42-48-57)71(53-23-5-2-6-24-53)65-32-12-7-26-61(65)62-27-8-13-33-66(62)71/h1-48H. The number of hydrogen-bond donors (Lipinski definition) is 0. The lowest BCUT2D eigenvalue weighted by Crippen LogP contribution is -2.28. The Labute approximate surface area is 426 Å². The van der Waals surface area contributed by atoms with Gasteiger partial charge in [-0.05, 0) is 127 Å². The van der Waals surface area contributed by atoms with Crippen molar-refractivity contribution in [1.82, 2.24) is 4.57 Å². The molecule has 0 fully saturated rings. The molecule has 2 nitrogen and oxygen atoms in total. The Morgan fingerprint density at radius 3 is 1.23 bits per heavy atom. The van der Waals surface area contributed by atoms with E-state index < -0.39 is 5.41 Å². The van der Waals surface area contributed by atoms with Gasteiger partial charge in [-0.25, -0.2) is 0 Å². The molecule has 14 rings (SSSR count). The van der Waals surface area contributed by atoms with Crippen molar-refractivity contribution in [2.24, 2.45) is 0 Å². The number of benzene rings is 12. The molecule has 342 valence electrons. The van der Waals surface area contributed by atoms with Crippen LogP contribution in [-0.4, -0.2) is 4.57 Å². The number of hydrogen-bond acceptors (Lipinski definition) is 1. The van der Waals surface area contributed by atoms with E-state index in [4.69, 9.17) is 0 Å². The fourth-order valence-electron chi connectivity index (χ4n) is 12.1. The molecule has 0 bridgehead atoms. The maximum atomic E-state index is 2.42. The molecule has 0 saturated carbocycles. The summed E-state index contributed by atoms with van der Waals surface area (Å²) in [5.74, 6) is 0. The summed E-state index contributed by atoms with van der Waals surface area (Å²) in [5.41, 5.74) is 21.1. The van der Waals surface area contributed by atoms with Gasteiger partial charge in [-0.15, -0.1) is 0 Å². The van der Waals surface area contributed by atoms with Crippen LogP contribution in [0.1, 0.15) is 22.3 Å². The van der Waals surface area contributed by atoms with Crippen molar-refractivity contribution in [2.75, 3.05) is 4.90 Å². The molecule has 1 aliphatic rings. The fraction of sp³-hybridized carbons (Fsp3) is 0.0141. The van der Waals surface area contributed by atoms with Crippen LogP contribution in [0.15, 0.2) is 291 Å². The number of para-hydroxylation sites is 3. The van der Waals surface area contributed by atoms with Gasteiger partial charge in [-0.3, -0.25) is 0 Å². The van der Waals surface area contributed by atoms with Crippen LogP contribution in [0.3, 0.4) is 0 Å². The van der Waals surface area contributed by atoms with E-state index in [0.717, 1.165) is 28.3 Å². The minimum atomic E-state index is -0.484. The van der Waals surface area contributed by atoms with Crippen LogP contribution in [0.2, 0.25) is 0 Å². The third-order valence-electron chi connectivity index (χ3n) is 15.3. The lowest BCUT2D eigenvalue weighted by molar-refractivity contribution is 0.768. The third kappa shape index (κ3) is 6.79. The third-order valence-corrected chi connectivity index (χ3v) is 15.3. The van der Waals surface area contributed by atoms with Crippen LogP contribution in [0.5, 0.6) is 0 Å². The summed E-state index contributed by atoms with van der Waals surface area (Å²) in [6, 6.07) is 107. The lowest BCUT2D eigenvalue weighted by atomic mass is 9.68. The molecule has 0 amide bonds. The second kappa shape index (κ2) is 17.4. The molecule has 0 N–H and O–H groups in total. The number of rotatable bonds is 9. The van der Waals surface area contributed by atoms with Crippen LogP contribution in [-0.2, 0) is 5.41 Å². The maximum Gasteiger partial charge on any atom is 0.0713 e. The zero-order valence-electron chi connectivity index (χ0n) is 40.1. The molecule has 1 aliphatic carbocycles. The highest BCUT2D eigenvalue weighted by Gasteiger charge is 2.45. The van der Waals surface area contributed by atoms with Crippen molar-refractivity contribution in [3.8, 4) is 50.2 Å². The van der Waals surface area contributed by atoms with Crippen LogP contribution < -0.4 is 4.90 Å². The van der Waals surface area contributed by atoms with E-state index in [1.54, 1.807) is 0 Å². The zero-order chi connectivity index (χ0) is 48.3. The van der Waals surface area contributed by atoms with Crippen LogP contribution in [0, 0.1) is 0 Å². The quantitative estimate of drug-likeness (QED) is 0.140. The van der Waals surface area contributed by atoms with Gasteiger partial charge in [0.1, 0.15) is 0 Å². The number of fused-ring (bicyclic) bond motifs is 7. The van der Waals surface area contributed by atoms with Crippen LogP contribution in [0.25, 0.3) is 82.8 Å². The average molecular weight is 929 g/mol. The molecule has 0 saturated heterocycles. The van der Waals surface area contributed by atoms with Gasteiger partial charge >= 0.3 is 0 Å². The molecular weight excluding hydrogens is 881 g/mol. The molecular formula is C71H48N2. The average Bonchev–Trinajstić information content (AvgIpc) is 3.97. The largest absolute Gasteiger partial charge is 0.311 e. The summed E-state index contributed by atoms with van der Waals surface area (Å²) < 4.78 is 2.42. The molecule has 0 unspecified atom stereocenters. The van der Waals surface area contributed by atoms with E-state index in [1.165, 1.54) is 93.8 Å². The van der Waals surface area contributed by atoms with E-state index in [1.807, 2.05) is 0 Å². The highest BCUT2D eigenvalue weighted by molar-refractivity contribution is 6.10. The Morgan fingerprint density at radius 1 is 0.274 bits per heavy atom. The summed E-state index contributed by atoms with van der Waals surface area (Å²) in [7, 11) is 0. The smallest absolute Gasteiger partial charge is 0.0713 e. The Kier molecular flexibility index (Phi) is 10.1. The number of aromatic nitrogens is 1. The first kappa shape index (κ1) is 42.4. The predicted molar refractivity (Wildman–Crippen MR) is 307 cm³/mol. The minimum absolute atomic E-state index is 0.484. The Balaban J connectivity index is 0.911. The Bertz CT molecular complexity index is 4070. The second-order valence-corrected chi connectivity index (χ2v) is 19.1. The summed E-state index contributed by atoms with van der Waals surface area (Å²) in [6.45, 7) is 0. The van der Waals surface area contributed by atoms with E-state index in [9.17, 15) is 0 Å². The van der Waals surface area contributed by atoms with Crippen LogP contribution >= 0.6 is 0 Å². The first-order valence-electron chi connectivity index (χ1n) is 25.3. The fourth-order valence-corrected chi connectivity index (χ4v) is 12.1. The molecule has 2 heteroatoms. The summed E-state index contributed by atoms with van der Waals surface area (Å²) >= 11 is 0. The molecule has 73 heavy (non-hydrogen) atoms. The molecule has 0 radical (unpaired) electrons. The van der Waals surface area contributed by atoms with Gasteiger partial charge in [0.15, 0.2) is 0 Å². The van der Waals surface area contributed by atoms with Crippen molar-refractivity contribution < 1.29 is 0 Å². The monoisotopic (exact) mass is 928 g/mol. The summed E-state index contributed by atoms with van der Waals surface area (Å²) in [5, 5.41) is 4.99. The van der Waals surface area contributed by atoms with E-state index in [-0.39, 0.29) is 0 Å². The second-order valence-electron chi connectivity index (χ2n) is 19.1. The topological polar surface area (TPSA) is 8.17 Å². The molecule has 12 aromatic carbocycles. The van der Waals surface area contributed by atoms with Gasteiger partial charge in [0, 0.05) is 33.4 Å². The van der Waals surface area contributed by atoms with Gasteiger partial charge < -0.3 is 9.47 Å². The van der Waals surface area contributed by atoms with E-state index in [0.29, 0.717) is 0 Å². The van der Waals surface area contributed by atoms with E-state index in [2.05, 4.69) is 301 Å². The summed E-state index contributed by atoms with van der Waals surface area (Å²) in [4.78, 5) is 2.40. The van der Waals surface area contributed by atoms with Gasteiger partial charge in [-0.1, -0.05) is 237 Å². The highest BCUT2D eigenvalue weighted by atomic mass is 15.1. The van der Waals surface area contributed by atoms with Crippen molar-refractivity contribution in [2.45, 2.75) is 5.41 Å². The van der Waals surface area contributed by atoms with Crippen molar-refractivity contribution >= 4 is 49.6 Å². The van der Waals surface area contributed by atoms with E-state index >= 15 is 0 Å². The Morgan fingerprint density at radius 2 is 0.671 bits per heavy atom. The molecule has 13 aromatic rings. The highest BCUT2D eigenvalue weighted by Crippen LogP contribution is 2.56. The van der Waals surface area contributed by atoms with Crippen LogP contribution in [0.4, 0.5) is 17.1 Å². The maximum absolute atomic E-state index is 2.42. The molecule has 0 spiro atoms. The first-order chi connectivity index (χ1) is 36.2. The first-order valence-corrected chi connectivity index (χ1v) is 25.3. The van der Waals surface area contributed by atoms with Gasteiger partial charge in [-0.2, -0.15) is 0 Å². The van der Waals surface area contributed by atoms with Gasteiger partial charge in [0.25, 0.3) is 0 Å². The SMILES string of the molecule is c1ccc(-c2cccc3cccc(-c4ccc(N(c5ccc(-c6ccccc6-n6c7ccccc7c7ccccc76)cc5)c5ccc(C6(c7ccccc7)c7ccccc7-c7ccccc76)cc5)cc4)c23)cc1. The van der Waals surface area contributed by atoms with Gasteiger partial charge in [0.2, 0.25) is 0 Å². The predicted octanol–water partition coefficient (Wildman–Crippen LogP) is 18.8. The van der Waals surface area contributed by atoms with Crippen molar-refractivity contribution in [3.05, 3.63) is 313 Å². The zero-order valence-corrected chi connectivity index (χ0v) is 40.1. The van der Waals surface area contributed by atoms with Gasteiger partial charge in [0.05, 0.1) is 22.1 Å². The number of anilines is 3. The molecule has 0 aliphatic heterocycles. The van der Waals surface area contributed by atoms with Crippen molar-refractivity contribution in [1.29, 1.82) is 0 Å².